The number of hydrogen-bond donors (Lipinski definition) is 1. The molecule has 0 amide bonds. The monoisotopic (exact) mass is 282 g/mol. The van der Waals surface area contributed by atoms with Gasteiger partial charge in [-0.05, 0) is 25.1 Å². The van der Waals surface area contributed by atoms with Gasteiger partial charge in [0.15, 0.2) is 0 Å². The van der Waals surface area contributed by atoms with Gasteiger partial charge >= 0.3 is 5.97 Å². The Morgan fingerprint density at radius 2 is 2.14 bits per heavy atom. The van der Waals surface area contributed by atoms with Crippen molar-refractivity contribution in [3.8, 4) is 5.69 Å². The van der Waals surface area contributed by atoms with Crippen molar-refractivity contribution >= 4 is 22.4 Å². The summed E-state index contributed by atoms with van der Waals surface area (Å²) in [6.45, 7) is 2.10. The van der Waals surface area contributed by atoms with Crippen LogP contribution in [0.15, 0.2) is 43.0 Å². The van der Waals surface area contributed by atoms with E-state index in [0.29, 0.717) is 17.9 Å². The van der Waals surface area contributed by atoms with Gasteiger partial charge in [-0.1, -0.05) is 0 Å². The minimum absolute atomic E-state index is 0.334. The molecule has 2 N–H and O–H groups in total. The van der Waals surface area contributed by atoms with Crippen LogP contribution in [0.1, 0.15) is 17.3 Å². The van der Waals surface area contributed by atoms with Gasteiger partial charge in [-0.15, -0.1) is 0 Å². The van der Waals surface area contributed by atoms with Crippen LogP contribution in [0.2, 0.25) is 0 Å². The maximum atomic E-state index is 11.7. The maximum Gasteiger partial charge on any atom is 0.341 e. The Kier molecular flexibility index (Phi) is 3.27. The Morgan fingerprint density at radius 3 is 2.95 bits per heavy atom. The van der Waals surface area contributed by atoms with Crippen LogP contribution in [0, 0.1) is 0 Å². The van der Waals surface area contributed by atoms with Gasteiger partial charge in [0.2, 0.25) is 0 Å². The first kappa shape index (κ1) is 13.1. The van der Waals surface area contributed by atoms with E-state index in [1.54, 1.807) is 36.3 Å². The maximum absolute atomic E-state index is 11.7. The number of nitrogens with zero attached hydrogens (tertiary/aromatic N) is 3. The number of pyridine rings is 1. The molecule has 0 spiro atoms. The number of benzene rings is 1. The largest absolute Gasteiger partial charge is 0.462 e. The molecule has 0 bridgehead atoms. The van der Waals surface area contributed by atoms with Crippen LogP contribution in [0.4, 0.5) is 5.69 Å². The van der Waals surface area contributed by atoms with Gasteiger partial charge < -0.3 is 10.5 Å². The fraction of sp³-hybridized carbons (Fsp3) is 0.133. The highest BCUT2D eigenvalue weighted by atomic mass is 16.5. The molecule has 0 aliphatic carbocycles. The third kappa shape index (κ3) is 2.31. The number of carbonyl (C=O) groups is 1. The van der Waals surface area contributed by atoms with Crippen LogP contribution in [-0.2, 0) is 4.74 Å². The zero-order valence-electron chi connectivity index (χ0n) is 11.5. The van der Waals surface area contributed by atoms with Crippen LogP contribution in [0.25, 0.3) is 16.5 Å². The van der Waals surface area contributed by atoms with Gasteiger partial charge in [0.1, 0.15) is 0 Å². The Hall–Kier alpha value is -2.89. The summed E-state index contributed by atoms with van der Waals surface area (Å²) in [5.41, 5.74) is 7.85. The van der Waals surface area contributed by atoms with E-state index in [2.05, 4.69) is 10.1 Å². The van der Waals surface area contributed by atoms with E-state index in [0.717, 1.165) is 16.5 Å². The minimum atomic E-state index is -0.384. The first-order chi connectivity index (χ1) is 10.2. The van der Waals surface area contributed by atoms with E-state index in [4.69, 9.17) is 10.5 Å². The molecule has 0 unspecified atom stereocenters. The first-order valence-corrected chi connectivity index (χ1v) is 6.55. The molecule has 2 aromatic heterocycles. The van der Waals surface area contributed by atoms with Crippen molar-refractivity contribution in [3.05, 3.63) is 48.5 Å². The van der Waals surface area contributed by atoms with Crippen LogP contribution < -0.4 is 5.73 Å². The van der Waals surface area contributed by atoms with Crippen molar-refractivity contribution in [1.82, 2.24) is 14.8 Å². The molecule has 3 aromatic rings. The fourth-order valence-corrected chi connectivity index (χ4v) is 2.17. The van der Waals surface area contributed by atoms with E-state index in [1.807, 2.05) is 12.1 Å². The molecule has 0 atom stereocenters. The number of aromatic nitrogens is 3. The Balaban J connectivity index is 2.09. The second kappa shape index (κ2) is 5.24. The highest BCUT2D eigenvalue weighted by Crippen LogP contribution is 2.26. The molecular formula is C15H14N4O2. The number of esters is 1. The average molecular weight is 282 g/mol. The third-order valence-corrected chi connectivity index (χ3v) is 3.17. The van der Waals surface area contributed by atoms with Crippen molar-refractivity contribution in [2.75, 3.05) is 12.3 Å². The quantitative estimate of drug-likeness (QED) is 0.588. The topological polar surface area (TPSA) is 83.0 Å². The van der Waals surface area contributed by atoms with E-state index in [9.17, 15) is 4.79 Å². The molecule has 6 nitrogen and oxygen atoms in total. The second-order valence-corrected chi connectivity index (χ2v) is 4.49. The summed E-state index contributed by atoms with van der Waals surface area (Å²) < 4.78 is 6.59. The van der Waals surface area contributed by atoms with Crippen molar-refractivity contribution in [2.24, 2.45) is 0 Å². The number of nitrogens with two attached hydrogens (primary N) is 1. The second-order valence-electron chi connectivity index (χ2n) is 4.49. The number of carbonyl (C=O) groups excluding carboxylic acids is 1. The highest BCUT2D eigenvalue weighted by molar-refractivity contribution is 5.97. The van der Waals surface area contributed by atoms with E-state index in [1.165, 1.54) is 6.20 Å². The Bertz CT molecular complexity index is 810. The summed E-state index contributed by atoms with van der Waals surface area (Å²) in [5.74, 6) is -0.384. The molecule has 0 saturated carbocycles. The lowest BCUT2D eigenvalue weighted by atomic mass is 10.1. The van der Waals surface area contributed by atoms with E-state index >= 15 is 0 Å². The number of anilines is 1. The number of fused-ring (bicyclic) bond motifs is 1. The molecule has 6 heteroatoms. The molecule has 1 aromatic carbocycles. The molecule has 0 radical (unpaired) electrons. The molecule has 21 heavy (non-hydrogen) atoms. The van der Waals surface area contributed by atoms with E-state index < -0.39 is 0 Å². The van der Waals surface area contributed by atoms with E-state index in [-0.39, 0.29) is 5.97 Å². The zero-order chi connectivity index (χ0) is 14.8. The van der Waals surface area contributed by atoms with Crippen molar-refractivity contribution in [3.63, 3.8) is 0 Å². The van der Waals surface area contributed by atoms with Crippen LogP contribution in [-0.4, -0.2) is 27.3 Å². The van der Waals surface area contributed by atoms with Crippen molar-refractivity contribution < 1.29 is 9.53 Å². The lowest BCUT2D eigenvalue weighted by Crippen LogP contribution is -2.03. The van der Waals surface area contributed by atoms with Crippen LogP contribution >= 0.6 is 0 Å². The minimum Gasteiger partial charge on any atom is -0.462 e. The summed E-state index contributed by atoms with van der Waals surface area (Å²) in [5, 5.41) is 5.99. The highest BCUT2D eigenvalue weighted by Gasteiger charge is 2.12. The number of nitrogen functional groups attached to an aromatic ring is 1. The normalized spacial score (nSPS) is 10.7. The molecular weight excluding hydrogens is 268 g/mol. The summed E-state index contributed by atoms with van der Waals surface area (Å²) in [7, 11) is 0. The number of rotatable bonds is 3. The lowest BCUT2D eigenvalue weighted by Gasteiger charge is -2.08. The van der Waals surface area contributed by atoms with Gasteiger partial charge in [-0.2, -0.15) is 5.10 Å². The molecule has 0 aliphatic rings. The zero-order valence-corrected chi connectivity index (χ0v) is 11.5. The van der Waals surface area contributed by atoms with Gasteiger partial charge in [0.05, 0.1) is 24.1 Å². The summed E-state index contributed by atoms with van der Waals surface area (Å²) in [6.07, 6.45) is 6.54. The summed E-state index contributed by atoms with van der Waals surface area (Å²) in [6, 6.07) is 5.53. The van der Waals surface area contributed by atoms with Crippen LogP contribution in [0.3, 0.4) is 0 Å². The molecule has 0 saturated heterocycles. The fourth-order valence-electron chi connectivity index (χ4n) is 2.17. The molecule has 0 aliphatic heterocycles. The summed E-state index contributed by atoms with van der Waals surface area (Å²) in [4.78, 5) is 15.8. The standard InChI is InChI=1S/C15H14N4O2/c1-2-21-15(20)10-7-18-19(9-10)14-4-3-13(16)12-8-17-6-5-11(12)14/h3-9H,2,16H2,1H3. The van der Waals surface area contributed by atoms with Gasteiger partial charge in [0, 0.05) is 35.1 Å². The van der Waals surface area contributed by atoms with Gasteiger partial charge in [-0.3, -0.25) is 4.98 Å². The van der Waals surface area contributed by atoms with Gasteiger partial charge in [-0.25, -0.2) is 9.48 Å². The lowest BCUT2D eigenvalue weighted by molar-refractivity contribution is 0.0526. The first-order valence-electron chi connectivity index (χ1n) is 6.55. The predicted octanol–water partition coefficient (Wildman–Crippen LogP) is 2.18. The molecule has 2 heterocycles. The average Bonchev–Trinajstić information content (AvgIpc) is 2.98. The molecule has 3 rings (SSSR count). The van der Waals surface area contributed by atoms with Gasteiger partial charge in [0.25, 0.3) is 0 Å². The molecule has 0 fully saturated rings. The number of ether oxygens (including phenoxy) is 1. The SMILES string of the molecule is CCOC(=O)c1cnn(-c2ccc(N)c3cnccc23)c1. The van der Waals surface area contributed by atoms with Crippen LogP contribution in [0.5, 0.6) is 0 Å². The third-order valence-electron chi connectivity index (χ3n) is 3.17. The predicted molar refractivity (Wildman–Crippen MR) is 79.2 cm³/mol. The Labute approximate surface area is 121 Å². The van der Waals surface area contributed by atoms with Crippen molar-refractivity contribution in [1.29, 1.82) is 0 Å². The van der Waals surface area contributed by atoms with Crippen molar-refractivity contribution in [2.45, 2.75) is 6.92 Å². The number of hydrogen-bond acceptors (Lipinski definition) is 5. The smallest absolute Gasteiger partial charge is 0.341 e. The summed E-state index contributed by atoms with van der Waals surface area (Å²) >= 11 is 0. The molecule has 106 valence electrons. The Morgan fingerprint density at radius 1 is 1.29 bits per heavy atom.